The first-order chi connectivity index (χ1) is 24.5. The Morgan fingerprint density at radius 3 is 2.02 bits per heavy atom. The molecule has 1 heterocycles. The minimum Gasteiger partial charge on any atom is -0.351 e. The molecule has 0 bridgehead atoms. The Labute approximate surface area is 296 Å². The van der Waals surface area contributed by atoms with Crippen molar-refractivity contribution in [3.8, 4) is 0 Å². The minimum atomic E-state index is -4.59. The Bertz CT molecular complexity index is 2000. The molecular formula is C38H36F3N5O4S. The van der Waals surface area contributed by atoms with Gasteiger partial charge in [-0.05, 0) is 53.9 Å². The predicted molar refractivity (Wildman–Crippen MR) is 191 cm³/mol. The van der Waals surface area contributed by atoms with Gasteiger partial charge in [0, 0.05) is 30.9 Å². The first kappa shape index (κ1) is 36.8. The quantitative estimate of drug-likeness (QED) is 0.0495. The number of anilines is 1. The molecule has 9 nitrogen and oxygen atoms in total. The lowest BCUT2D eigenvalue weighted by Crippen LogP contribution is -2.43. The zero-order chi connectivity index (χ0) is 36.4. The van der Waals surface area contributed by atoms with Gasteiger partial charge in [0.15, 0.2) is 10.4 Å². The summed E-state index contributed by atoms with van der Waals surface area (Å²) in [4.78, 5) is 59.1. The minimum absolute atomic E-state index is 0.0456. The van der Waals surface area contributed by atoms with E-state index in [0.29, 0.717) is 6.42 Å². The normalized spacial score (nSPS) is 11.4. The van der Waals surface area contributed by atoms with E-state index in [0.717, 1.165) is 47.9 Å². The third-order valence-electron chi connectivity index (χ3n) is 7.93. The number of halogens is 3. The molecule has 0 aliphatic heterocycles. The SMILES string of the molecule is CCCCCn1c(SC(C(=O)NCc2ccccc2)C(=O)NCc2ccccc2)nc2cc(C(=O)Nc3cccc(C(F)(F)F)c3)ccc2c1=O. The Balaban J connectivity index is 1.48. The highest BCUT2D eigenvalue weighted by Gasteiger charge is 2.31. The number of nitrogens with one attached hydrogen (secondary N) is 3. The number of alkyl halides is 3. The highest BCUT2D eigenvalue weighted by molar-refractivity contribution is 8.01. The first-order valence-corrected chi connectivity index (χ1v) is 17.2. The van der Waals surface area contributed by atoms with E-state index in [9.17, 15) is 32.3 Å². The molecule has 0 spiro atoms. The van der Waals surface area contributed by atoms with Gasteiger partial charge < -0.3 is 16.0 Å². The third kappa shape index (κ3) is 9.85. The van der Waals surface area contributed by atoms with Gasteiger partial charge in [0.2, 0.25) is 11.8 Å². The third-order valence-corrected chi connectivity index (χ3v) is 9.12. The number of carbonyl (C=O) groups excluding carboxylic acids is 3. The predicted octanol–water partition coefficient (Wildman–Crippen LogP) is 6.95. The van der Waals surface area contributed by atoms with Crippen molar-refractivity contribution < 1.29 is 27.6 Å². The van der Waals surface area contributed by atoms with Gasteiger partial charge in [0.05, 0.1) is 16.5 Å². The maximum absolute atomic E-state index is 13.9. The zero-order valence-corrected chi connectivity index (χ0v) is 28.5. The molecule has 0 aliphatic carbocycles. The van der Waals surface area contributed by atoms with E-state index in [4.69, 9.17) is 0 Å². The van der Waals surface area contributed by atoms with Gasteiger partial charge in [-0.25, -0.2) is 4.98 Å². The summed E-state index contributed by atoms with van der Waals surface area (Å²) in [5, 5.41) is 7.08. The molecule has 3 N–H and O–H groups in total. The highest BCUT2D eigenvalue weighted by atomic mass is 32.2. The van der Waals surface area contributed by atoms with Crippen molar-refractivity contribution in [2.45, 2.75) is 62.4 Å². The molecule has 0 fully saturated rings. The number of rotatable bonds is 14. The van der Waals surface area contributed by atoms with Gasteiger partial charge >= 0.3 is 6.18 Å². The van der Waals surface area contributed by atoms with Crippen LogP contribution in [0.1, 0.15) is 53.2 Å². The van der Waals surface area contributed by atoms with Gasteiger partial charge in [0.25, 0.3) is 11.5 Å². The number of thioether (sulfide) groups is 1. The zero-order valence-electron chi connectivity index (χ0n) is 27.7. The number of nitrogens with zero attached hydrogens (tertiary/aromatic N) is 2. The van der Waals surface area contributed by atoms with Crippen LogP contribution in [0.3, 0.4) is 0 Å². The molecule has 13 heteroatoms. The van der Waals surface area contributed by atoms with Crippen molar-refractivity contribution in [1.29, 1.82) is 0 Å². The molecule has 1 aromatic heterocycles. The summed E-state index contributed by atoms with van der Waals surface area (Å²) in [7, 11) is 0. The summed E-state index contributed by atoms with van der Waals surface area (Å²) in [5.41, 5.74) is 0.434. The number of amides is 3. The van der Waals surface area contributed by atoms with Gasteiger partial charge in [0.1, 0.15) is 0 Å². The van der Waals surface area contributed by atoms with Crippen LogP contribution in [0.2, 0.25) is 0 Å². The Morgan fingerprint density at radius 2 is 1.43 bits per heavy atom. The molecule has 4 aromatic carbocycles. The summed E-state index contributed by atoms with van der Waals surface area (Å²) < 4.78 is 41.1. The smallest absolute Gasteiger partial charge is 0.351 e. The fraction of sp³-hybridized carbons (Fsp3) is 0.237. The van der Waals surface area contributed by atoms with Gasteiger partial charge in [-0.1, -0.05) is 98.3 Å². The summed E-state index contributed by atoms with van der Waals surface area (Å²) in [5.74, 6) is -1.88. The van der Waals surface area contributed by atoms with Crippen LogP contribution in [-0.4, -0.2) is 32.5 Å². The van der Waals surface area contributed by atoms with Crippen molar-refractivity contribution in [3.63, 3.8) is 0 Å². The van der Waals surface area contributed by atoms with Gasteiger partial charge in [-0.3, -0.25) is 23.7 Å². The number of benzene rings is 4. The molecule has 51 heavy (non-hydrogen) atoms. The summed E-state index contributed by atoms with van der Waals surface area (Å²) in [6.45, 7) is 2.63. The van der Waals surface area contributed by atoms with Crippen molar-refractivity contribution in [2.75, 3.05) is 5.32 Å². The van der Waals surface area contributed by atoms with Crippen molar-refractivity contribution in [3.05, 3.63) is 136 Å². The van der Waals surface area contributed by atoms with Crippen LogP contribution in [0.5, 0.6) is 0 Å². The average molecular weight is 716 g/mol. The lowest BCUT2D eigenvalue weighted by atomic mass is 10.1. The molecule has 0 atom stereocenters. The molecule has 0 aliphatic rings. The Morgan fingerprint density at radius 1 is 0.804 bits per heavy atom. The van der Waals surface area contributed by atoms with E-state index in [1.165, 1.54) is 34.9 Å². The fourth-order valence-electron chi connectivity index (χ4n) is 5.21. The molecule has 0 saturated heterocycles. The molecule has 0 radical (unpaired) electrons. The topological polar surface area (TPSA) is 122 Å². The number of aromatic nitrogens is 2. The van der Waals surface area contributed by atoms with E-state index >= 15 is 0 Å². The second-order valence-corrected chi connectivity index (χ2v) is 12.8. The lowest BCUT2D eigenvalue weighted by Gasteiger charge is -2.19. The highest BCUT2D eigenvalue weighted by Crippen LogP contribution is 2.31. The summed E-state index contributed by atoms with van der Waals surface area (Å²) in [6.07, 6.45) is -2.25. The lowest BCUT2D eigenvalue weighted by molar-refractivity contribution is -0.137. The molecule has 5 aromatic rings. The maximum Gasteiger partial charge on any atom is 0.416 e. The molecule has 5 rings (SSSR count). The first-order valence-electron chi connectivity index (χ1n) is 16.4. The number of hydrogen-bond donors (Lipinski definition) is 3. The van der Waals surface area contributed by atoms with Crippen LogP contribution in [0, 0.1) is 0 Å². The van der Waals surface area contributed by atoms with Crippen LogP contribution >= 0.6 is 11.8 Å². The fourth-order valence-corrected chi connectivity index (χ4v) is 6.26. The monoisotopic (exact) mass is 715 g/mol. The molecule has 0 unspecified atom stereocenters. The van der Waals surface area contributed by atoms with E-state index in [1.54, 1.807) is 0 Å². The van der Waals surface area contributed by atoms with Gasteiger partial charge in [-0.15, -0.1) is 0 Å². The van der Waals surface area contributed by atoms with Crippen LogP contribution in [-0.2, 0) is 35.4 Å². The van der Waals surface area contributed by atoms with Crippen LogP contribution < -0.4 is 21.5 Å². The van der Waals surface area contributed by atoms with Crippen molar-refractivity contribution in [2.24, 2.45) is 0 Å². The molecule has 3 amide bonds. The molecular weight excluding hydrogens is 680 g/mol. The van der Waals surface area contributed by atoms with E-state index in [1.807, 2.05) is 67.6 Å². The van der Waals surface area contributed by atoms with Crippen LogP contribution in [0.15, 0.2) is 113 Å². The largest absolute Gasteiger partial charge is 0.416 e. The maximum atomic E-state index is 13.9. The van der Waals surface area contributed by atoms with Gasteiger partial charge in [-0.2, -0.15) is 13.2 Å². The Kier molecular flexibility index (Phi) is 12.3. The second-order valence-electron chi connectivity index (χ2n) is 11.7. The van der Waals surface area contributed by atoms with E-state index in [2.05, 4.69) is 20.9 Å². The number of fused-ring (bicyclic) bond motifs is 1. The number of hydrogen-bond acceptors (Lipinski definition) is 6. The average Bonchev–Trinajstić information content (AvgIpc) is 3.13. The molecule has 264 valence electrons. The molecule has 0 saturated carbocycles. The second kappa shape index (κ2) is 17.0. The summed E-state index contributed by atoms with van der Waals surface area (Å²) in [6, 6.07) is 26.9. The van der Waals surface area contributed by atoms with E-state index in [-0.39, 0.29) is 46.9 Å². The number of unbranched alkanes of at least 4 members (excludes halogenated alkanes) is 2. The van der Waals surface area contributed by atoms with Crippen LogP contribution in [0.25, 0.3) is 10.9 Å². The van der Waals surface area contributed by atoms with Crippen molar-refractivity contribution >= 4 is 46.1 Å². The number of carbonyl (C=O) groups is 3. The Hall–Kier alpha value is -5.43. The van der Waals surface area contributed by atoms with E-state index < -0.39 is 40.3 Å². The standard InChI is InChI=1S/C38H36F3N5O4S/c1-2-3-10-20-46-36(50)30-19-18-27(33(47)44-29-17-11-16-28(22-29)38(39,40)41)21-31(30)45-37(46)51-32(34(48)42-23-25-12-6-4-7-13-25)35(49)43-24-26-14-8-5-9-15-26/h4-9,11-19,21-22,32H,2-3,10,20,23-24H2,1H3,(H,42,48)(H,43,49)(H,44,47). The summed E-state index contributed by atoms with van der Waals surface area (Å²) >= 11 is 0.830. The van der Waals surface area contributed by atoms with Crippen molar-refractivity contribution in [1.82, 2.24) is 20.2 Å². The van der Waals surface area contributed by atoms with Crippen LogP contribution in [0.4, 0.5) is 18.9 Å².